The molecule has 0 saturated heterocycles. The SMILES string of the molecule is Bc1cc(C(N)=O)c(=O)[nH]c1C(F)(F)F. The lowest BCUT2D eigenvalue weighted by atomic mass is 9.92. The van der Waals surface area contributed by atoms with Gasteiger partial charge in [-0.2, -0.15) is 13.2 Å². The number of primary amides is 1. The molecule has 0 spiro atoms. The molecule has 8 heteroatoms. The van der Waals surface area contributed by atoms with Crippen molar-refractivity contribution in [3.05, 3.63) is 27.7 Å². The second-order valence-electron chi connectivity index (χ2n) is 2.93. The highest BCUT2D eigenvalue weighted by molar-refractivity contribution is 6.33. The van der Waals surface area contributed by atoms with Crippen molar-refractivity contribution >= 4 is 19.2 Å². The van der Waals surface area contributed by atoms with Gasteiger partial charge in [0.05, 0.1) is 0 Å². The fourth-order valence-electron chi connectivity index (χ4n) is 1.11. The van der Waals surface area contributed by atoms with Crippen molar-refractivity contribution in [1.82, 2.24) is 4.98 Å². The lowest BCUT2D eigenvalue weighted by molar-refractivity contribution is -0.140. The summed E-state index contributed by atoms with van der Waals surface area (Å²) in [6.07, 6.45) is -4.65. The number of H-pyrrole nitrogens is 1. The summed E-state index contributed by atoms with van der Waals surface area (Å²) in [4.78, 5) is 23.3. The van der Waals surface area contributed by atoms with Crippen LogP contribution in [0.15, 0.2) is 10.9 Å². The first-order valence-corrected chi connectivity index (χ1v) is 3.84. The Morgan fingerprint density at radius 2 is 2.00 bits per heavy atom. The number of pyridine rings is 1. The number of carbonyl (C=O) groups is 1. The first-order valence-electron chi connectivity index (χ1n) is 3.84. The second kappa shape index (κ2) is 3.45. The van der Waals surface area contributed by atoms with Crippen molar-refractivity contribution in [3.8, 4) is 0 Å². The fraction of sp³-hybridized carbons (Fsp3) is 0.143. The van der Waals surface area contributed by atoms with E-state index >= 15 is 0 Å². The smallest absolute Gasteiger partial charge is 0.365 e. The van der Waals surface area contributed by atoms with Gasteiger partial charge in [-0.05, 0) is 6.07 Å². The van der Waals surface area contributed by atoms with E-state index in [4.69, 9.17) is 5.73 Å². The Labute approximate surface area is 82.7 Å². The largest absolute Gasteiger partial charge is 0.430 e. The Kier molecular flexibility index (Phi) is 2.61. The summed E-state index contributed by atoms with van der Waals surface area (Å²) in [6, 6.07) is 0.823. The number of aromatic amines is 1. The molecule has 0 fully saturated rings. The normalized spacial score (nSPS) is 11.4. The number of amides is 1. The van der Waals surface area contributed by atoms with Crippen LogP contribution < -0.4 is 16.8 Å². The molecule has 3 N–H and O–H groups in total. The molecule has 0 aliphatic rings. The van der Waals surface area contributed by atoms with Crippen LogP contribution in [0.25, 0.3) is 0 Å². The Morgan fingerprint density at radius 3 is 2.40 bits per heavy atom. The van der Waals surface area contributed by atoms with Crippen molar-refractivity contribution in [2.45, 2.75) is 6.18 Å². The zero-order valence-corrected chi connectivity index (χ0v) is 7.61. The lowest BCUT2D eigenvalue weighted by Gasteiger charge is -2.10. The number of hydrogen-bond donors (Lipinski definition) is 2. The summed E-state index contributed by atoms with van der Waals surface area (Å²) in [7, 11) is 1.13. The molecule has 15 heavy (non-hydrogen) atoms. The van der Waals surface area contributed by atoms with E-state index in [0.717, 1.165) is 13.9 Å². The standard InChI is InChI=1S/C7H6BF3N2O2/c8-3-1-2(5(12)14)6(15)13-4(3)7(9,10)11/h1H,8H2,(H2,12,14)(H,13,15). The summed E-state index contributed by atoms with van der Waals surface area (Å²) in [5, 5.41) is 0. The molecule has 0 aromatic carbocycles. The van der Waals surface area contributed by atoms with Crippen LogP contribution in [0.2, 0.25) is 0 Å². The van der Waals surface area contributed by atoms with Gasteiger partial charge in [-0.15, -0.1) is 0 Å². The van der Waals surface area contributed by atoms with E-state index in [1.807, 2.05) is 0 Å². The molecule has 1 aromatic rings. The molecule has 0 atom stereocenters. The molecule has 80 valence electrons. The molecule has 0 saturated carbocycles. The Morgan fingerprint density at radius 1 is 1.47 bits per heavy atom. The molecule has 0 bridgehead atoms. The molecule has 0 aliphatic heterocycles. The van der Waals surface area contributed by atoms with Crippen LogP contribution in [0.3, 0.4) is 0 Å². The molecule has 1 heterocycles. The minimum Gasteiger partial charge on any atom is -0.365 e. The number of halogens is 3. The molecule has 1 rings (SSSR count). The predicted octanol–water partition coefficient (Wildman–Crippen LogP) is -1.25. The van der Waals surface area contributed by atoms with Gasteiger partial charge in [-0.25, -0.2) is 0 Å². The lowest BCUT2D eigenvalue weighted by Crippen LogP contribution is -2.33. The van der Waals surface area contributed by atoms with Gasteiger partial charge in [-0.1, -0.05) is 5.46 Å². The monoisotopic (exact) mass is 218 g/mol. The third kappa shape index (κ3) is 2.20. The number of nitrogens with two attached hydrogens (primary N) is 1. The summed E-state index contributed by atoms with van der Waals surface area (Å²) in [5.41, 5.74) is 1.76. The minimum atomic E-state index is -4.65. The number of alkyl halides is 3. The summed E-state index contributed by atoms with van der Waals surface area (Å²) < 4.78 is 36.8. The van der Waals surface area contributed by atoms with Gasteiger partial charge < -0.3 is 10.7 Å². The molecular weight excluding hydrogens is 212 g/mol. The maximum atomic E-state index is 12.3. The molecule has 0 unspecified atom stereocenters. The number of hydrogen-bond acceptors (Lipinski definition) is 2. The third-order valence-electron chi connectivity index (χ3n) is 1.79. The van der Waals surface area contributed by atoms with Crippen molar-refractivity contribution in [2.24, 2.45) is 5.73 Å². The minimum absolute atomic E-state index is 0.254. The highest BCUT2D eigenvalue weighted by Gasteiger charge is 2.34. The Bertz CT molecular complexity index is 466. The Balaban J connectivity index is 3.46. The van der Waals surface area contributed by atoms with Gasteiger partial charge in [0, 0.05) is 0 Å². The maximum Gasteiger partial charge on any atom is 0.430 e. The molecule has 0 aliphatic carbocycles. The third-order valence-corrected chi connectivity index (χ3v) is 1.79. The van der Waals surface area contributed by atoms with Gasteiger partial charge in [-0.3, -0.25) is 9.59 Å². The van der Waals surface area contributed by atoms with Crippen LogP contribution in [0.5, 0.6) is 0 Å². The zero-order chi connectivity index (χ0) is 11.8. The van der Waals surface area contributed by atoms with E-state index in [0.29, 0.717) is 0 Å². The number of rotatable bonds is 1. The van der Waals surface area contributed by atoms with Crippen LogP contribution in [-0.2, 0) is 6.18 Å². The number of nitrogens with one attached hydrogen (secondary N) is 1. The van der Waals surface area contributed by atoms with Crippen molar-refractivity contribution in [1.29, 1.82) is 0 Å². The quantitative estimate of drug-likeness (QED) is 0.578. The molecule has 1 aromatic heterocycles. The van der Waals surface area contributed by atoms with Crippen LogP contribution in [0.1, 0.15) is 16.1 Å². The van der Waals surface area contributed by atoms with Gasteiger partial charge in [0.15, 0.2) is 0 Å². The molecule has 0 radical (unpaired) electrons. The molecule has 4 nitrogen and oxygen atoms in total. The molecule has 1 amide bonds. The summed E-state index contributed by atoms with van der Waals surface area (Å²) >= 11 is 0. The highest BCUT2D eigenvalue weighted by Crippen LogP contribution is 2.25. The van der Waals surface area contributed by atoms with E-state index < -0.39 is 28.9 Å². The van der Waals surface area contributed by atoms with Gasteiger partial charge in [0.1, 0.15) is 19.1 Å². The molecular formula is C7H6BF3N2O2. The average molecular weight is 218 g/mol. The zero-order valence-electron chi connectivity index (χ0n) is 7.61. The van der Waals surface area contributed by atoms with Crippen LogP contribution in [0.4, 0.5) is 13.2 Å². The number of aromatic nitrogens is 1. The average Bonchev–Trinajstić information content (AvgIpc) is 2.06. The highest BCUT2D eigenvalue weighted by atomic mass is 19.4. The fourth-order valence-corrected chi connectivity index (χ4v) is 1.11. The van der Waals surface area contributed by atoms with E-state index in [-0.39, 0.29) is 5.46 Å². The van der Waals surface area contributed by atoms with Crippen LogP contribution >= 0.6 is 0 Å². The second-order valence-corrected chi connectivity index (χ2v) is 2.93. The summed E-state index contributed by atoms with van der Waals surface area (Å²) in [5.74, 6) is -1.06. The van der Waals surface area contributed by atoms with E-state index in [1.54, 1.807) is 4.98 Å². The van der Waals surface area contributed by atoms with Gasteiger partial charge in [0.25, 0.3) is 11.5 Å². The maximum absolute atomic E-state index is 12.3. The Hall–Kier alpha value is -1.73. The van der Waals surface area contributed by atoms with E-state index in [9.17, 15) is 22.8 Å². The number of carbonyl (C=O) groups excluding carboxylic acids is 1. The van der Waals surface area contributed by atoms with Crippen LogP contribution in [0, 0.1) is 0 Å². The first kappa shape index (κ1) is 11.4. The van der Waals surface area contributed by atoms with Crippen LogP contribution in [-0.4, -0.2) is 18.7 Å². The van der Waals surface area contributed by atoms with Crippen molar-refractivity contribution in [3.63, 3.8) is 0 Å². The summed E-state index contributed by atoms with van der Waals surface area (Å²) in [6.45, 7) is 0. The van der Waals surface area contributed by atoms with Crippen molar-refractivity contribution < 1.29 is 18.0 Å². The van der Waals surface area contributed by atoms with Crippen molar-refractivity contribution in [2.75, 3.05) is 0 Å². The van der Waals surface area contributed by atoms with E-state index in [2.05, 4.69) is 0 Å². The topological polar surface area (TPSA) is 76.0 Å². The first-order chi connectivity index (χ1) is 6.73. The predicted molar refractivity (Wildman–Crippen MR) is 48.8 cm³/mol. The van der Waals surface area contributed by atoms with E-state index in [1.165, 1.54) is 0 Å². The van der Waals surface area contributed by atoms with Gasteiger partial charge >= 0.3 is 6.18 Å². The van der Waals surface area contributed by atoms with Gasteiger partial charge in [0.2, 0.25) is 0 Å².